The van der Waals surface area contributed by atoms with Gasteiger partial charge in [-0.05, 0) is 46.3 Å². The van der Waals surface area contributed by atoms with E-state index in [2.05, 4.69) is 15.9 Å². The van der Waals surface area contributed by atoms with Crippen LogP contribution in [0.5, 0.6) is 11.5 Å². The van der Waals surface area contributed by atoms with Crippen LogP contribution in [0.1, 0.15) is 0 Å². The Bertz CT molecular complexity index is 651. The van der Waals surface area contributed by atoms with Crippen molar-refractivity contribution in [1.82, 2.24) is 0 Å². The van der Waals surface area contributed by atoms with Crippen LogP contribution < -0.4 is 4.74 Å². The molecule has 4 nitrogen and oxygen atoms in total. The van der Waals surface area contributed by atoms with Crippen molar-refractivity contribution in [3.8, 4) is 11.5 Å². The van der Waals surface area contributed by atoms with Gasteiger partial charge < -0.3 is 4.74 Å². The van der Waals surface area contributed by atoms with Crippen molar-refractivity contribution in [3.05, 3.63) is 61.8 Å². The number of ether oxygens (including phenoxy) is 1. The molecular weight excluding hydrogens is 340 g/mol. The fraction of sp³-hybridized carbons (Fsp3) is 0. The van der Waals surface area contributed by atoms with Gasteiger partial charge in [-0.15, -0.1) is 0 Å². The minimum absolute atomic E-state index is 0.0294. The maximum absolute atomic E-state index is 12.9. The molecule has 0 saturated heterocycles. The molecule has 0 spiro atoms. The standard InChI is InChI=1S/C12H6BrClFNO3/c13-9-6-8(15)2-4-11(9)19-12-3-1-7(14)5-10(12)16(17)18/h1-6H. The van der Waals surface area contributed by atoms with Crippen molar-refractivity contribution in [2.75, 3.05) is 0 Å². The summed E-state index contributed by atoms with van der Waals surface area (Å²) in [6.45, 7) is 0. The lowest BCUT2D eigenvalue weighted by molar-refractivity contribution is -0.385. The number of nitro benzene ring substituents is 1. The summed E-state index contributed by atoms with van der Waals surface area (Å²) in [4.78, 5) is 10.3. The van der Waals surface area contributed by atoms with E-state index >= 15 is 0 Å². The van der Waals surface area contributed by atoms with E-state index in [9.17, 15) is 14.5 Å². The molecule has 0 heterocycles. The molecule has 0 atom stereocenters. The molecule has 2 rings (SSSR count). The van der Waals surface area contributed by atoms with Gasteiger partial charge >= 0.3 is 5.69 Å². The first-order valence-corrected chi connectivity index (χ1v) is 6.21. The Morgan fingerprint density at radius 2 is 1.89 bits per heavy atom. The summed E-state index contributed by atoms with van der Waals surface area (Å²) in [5.74, 6) is -0.140. The van der Waals surface area contributed by atoms with Crippen molar-refractivity contribution in [2.24, 2.45) is 0 Å². The minimum Gasteiger partial charge on any atom is -0.449 e. The van der Waals surface area contributed by atoms with Crippen molar-refractivity contribution in [2.45, 2.75) is 0 Å². The SMILES string of the molecule is O=[N+]([O-])c1cc(Cl)ccc1Oc1ccc(F)cc1Br. The predicted octanol–water partition coefficient (Wildman–Crippen LogP) is 4.94. The molecule has 0 radical (unpaired) electrons. The molecule has 0 amide bonds. The molecule has 0 unspecified atom stereocenters. The van der Waals surface area contributed by atoms with E-state index in [4.69, 9.17) is 16.3 Å². The molecule has 0 aromatic heterocycles. The van der Waals surface area contributed by atoms with E-state index in [1.165, 1.54) is 36.4 Å². The number of hydrogen-bond acceptors (Lipinski definition) is 3. The number of nitro groups is 1. The van der Waals surface area contributed by atoms with Gasteiger partial charge in [-0.25, -0.2) is 4.39 Å². The Kier molecular flexibility index (Phi) is 4.01. The van der Waals surface area contributed by atoms with E-state index in [1.807, 2.05) is 0 Å². The average Bonchev–Trinajstić information content (AvgIpc) is 2.34. The molecule has 98 valence electrons. The smallest absolute Gasteiger partial charge is 0.313 e. The van der Waals surface area contributed by atoms with Gasteiger partial charge in [-0.3, -0.25) is 10.1 Å². The van der Waals surface area contributed by atoms with E-state index < -0.39 is 10.7 Å². The van der Waals surface area contributed by atoms with Gasteiger partial charge in [0.15, 0.2) is 0 Å². The number of nitrogens with zero attached hydrogens (tertiary/aromatic N) is 1. The van der Waals surface area contributed by atoms with Crippen LogP contribution in [0, 0.1) is 15.9 Å². The normalized spacial score (nSPS) is 10.3. The summed E-state index contributed by atoms with van der Waals surface area (Å²) in [6.07, 6.45) is 0. The summed E-state index contributed by atoms with van der Waals surface area (Å²) >= 11 is 8.82. The van der Waals surface area contributed by atoms with Crippen molar-refractivity contribution >= 4 is 33.2 Å². The van der Waals surface area contributed by atoms with Crippen molar-refractivity contribution in [3.63, 3.8) is 0 Å². The molecular formula is C12H6BrClFNO3. The molecule has 2 aromatic carbocycles. The Balaban J connectivity index is 2.40. The van der Waals surface area contributed by atoms with Gasteiger partial charge in [-0.2, -0.15) is 0 Å². The first-order valence-electron chi connectivity index (χ1n) is 5.04. The quantitative estimate of drug-likeness (QED) is 0.584. The van der Waals surface area contributed by atoms with Crippen LogP contribution in [0.3, 0.4) is 0 Å². The summed E-state index contributed by atoms with van der Waals surface area (Å²) in [6, 6.07) is 7.82. The second-order valence-corrected chi connectivity index (χ2v) is 4.84. The molecule has 2 aromatic rings. The van der Waals surface area contributed by atoms with Gasteiger partial charge in [0, 0.05) is 11.1 Å². The summed E-state index contributed by atoms with van der Waals surface area (Å²) < 4.78 is 18.7. The zero-order valence-electron chi connectivity index (χ0n) is 9.27. The lowest BCUT2D eigenvalue weighted by Gasteiger charge is -2.08. The van der Waals surface area contributed by atoms with E-state index in [0.29, 0.717) is 4.47 Å². The Morgan fingerprint density at radius 1 is 1.21 bits per heavy atom. The van der Waals surface area contributed by atoms with Crippen LogP contribution in [0.2, 0.25) is 5.02 Å². The van der Waals surface area contributed by atoms with E-state index in [-0.39, 0.29) is 22.2 Å². The van der Waals surface area contributed by atoms with Crippen molar-refractivity contribution < 1.29 is 14.1 Å². The van der Waals surface area contributed by atoms with Crippen LogP contribution >= 0.6 is 27.5 Å². The van der Waals surface area contributed by atoms with Crippen LogP contribution in [0.15, 0.2) is 40.9 Å². The lowest BCUT2D eigenvalue weighted by atomic mass is 10.3. The molecule has 19 heavy (non-hydrogen) atoms. The number of hydrogen-bond donors (Lipinski definition) is 0. The highest BCUT2D eigenvalue weighted by atomic mass is 79.9. The molecule has 0 fully saturated rings. The van der Waals surface area contributed by atoms with Crippen LogP contribution in [-0.4, -0.2) is 4.92 Å². The van der Waals surface area contributed by atoms with Crippen LogP contribution in [-0.2, 0) is 0 Å². The summed E-state index contributed by atoms with van der Waals surface area (Å²) in [5.41, 5.74) is -0.260. The van der Waals surface area contributed by atoms with E-state index in [1.54, 1.807) is 0 Å². The lowest BCUT2D eigenvalue weighted by Crippen LogP contribution is -1.94. The zero-order valence-corrected chi connectivity index (χ0v) is 11.6. The fourth-order valence-corrected chi connectivity index (χ4v) is 1.99. The molecule has 7 heteroatoms. The summed E-state index contributed by atoms with van der Waals surface area (Å²) in [7, 11) is 0. The fourth-order valence-electron chi connectivity index (χ4n) is 1.40. The molecule has 0 bridgehead atoms. The Labute approximate surface area is 121 Å². The number of halogens is 3. The molecule has 0 aliphatic carbocycles. The van der Waals surface area contributed by atoms with Gasteiger partial charge in [0.2, 0.25) is 5.75 Å². The molecule has 0 saturated carbocycles. The molecule has 0 aliphatic rings. The van der Waals surface area contributed by atoms with Gasteiger partial charge in [0.1, 0.15) is 11.6 Å². The Morgan fingerprint density at radius 3 is 2.53 bits per heavy atom. The maximum Gasteiger partial charge on any atom is 0.313 e. The topological polar surface area (TPSA) is 52.4 Å². The van der Waals surface area contributed by atoms with Gasteiger partial charge in [0.05, 0.1) is 9.40 Å². The van der Waals surface area contributed by atoms with Gasteiger partial charge in [-0.1, -0.05) is 11.6 Å². The highest BCUT2D eigenvalue weighted by Crippen LogP contribution is 2.36. The number of rotatable bonds is 3. The van der Waals surface area contributed by atoms with Crippen molar-refractivity contribution in [1.29, 1.82) is 0 Å². The van der Waals surface area contributed by atoms with E-state index in [0.717, 1.165) is 0 Å². The number of benzene rings is 2. The highest BCUT2D eigenvalue weighted by Gasteiger charge is 2.17. The third-order valence-electron chi connectivity index (χ3n) is 2.23. The maximum atomic E-state index is 12.9. The highest BCUT2D eigenvalue weighted by molar-refractivity contribution is 9.10. The first kappa shape index (κ1) is 13.8. The third-order valence-corrected chi connectivity index (χ3v) is 3.09. The first-order chi connectivity index (χ1) is 8.97. The largest absolute Gasteiger partial charge is 0.449 e. The predicted molar refractivity (Wildman–Crippen MR) is 72.3 cm³/mol. The van der Waals surface area contributed by atoms with Crippen LogP contribution in [0.4, 0.5) is 10.1 Å². The second kappa shape index (κ2) is 5.54. The summed E-state index contributed by atoms with van der Waals surface area (Å²) in [5, 5.41) is 11.1. The zero-order chi connectivity index (χ0) is 14.0. The van der Waals surface area contributed by atoms with Gasteiger partial charge in [0.25, 0.3) is 0 Å². The second-order valence-electron chi connectivity index (χ2n) is 3.55. The monoisotopic (exact) mass is 345 g/mol. The Hall–Kier alpha value is -1.66. The van der Waals surface area contributed by atoms with Crippen LogP contribution in [0.25, 0.3) is 0 Å². The molecule has 0 N–H and O–H groups in total. The third kappa shape index (κ3) is 3.21. The average molecular weight is 347 g/mol. The molecule has 0 aliphatic heterocycles. The minimum atomic E-state index is -0.599.